The van der Waals surface area contributed by atoms with Crippen LogP contribution in [0.1, 0.15) is 16.7 Å². The number of benzene rings is 1. The first kappa shape index (κ1) is 18.1. The van der Waals surface area contributed by atoms with Gasteiger partial charge in [0.2, 0.25) is 10.0 Å². The zero-order valence-electron chi connectivity index (χ0n) is 13.7. The lowest BCUT2D eigenvalue weighted by Crippen LogP contribution is -2.35. The fraction of sp³-hybridized carbons (Fsp3) is 0.600. The van der Waals surface area contributed by atoms with E-state index in [9.17, 15) is 8.42 Å². The average molecular weight is 313 g/mol. The van der Waals surface area contributed by atoms with E-state index < -0.39 is 10.0 Å². The molecule has 0 atom stereocenters. The second-order valence-electron chi connectivity index (χ2n) is 5.68. The van der Waals surface area contributed by atoms with Gasteiger partial charge in [0.15, 0.2) is 0 Å². The molecule has 0 spiro atoms. The van der Waals surface area contributed by atoms with Crippen molar-refractivity contribution in [3.8, 4) is 0 Å². The highest BCUT2D eigenvalue weighted by molar-refractivity contribution is 7.89. The lowest BCUT2D eigenvalue weighted by molar-refractivity contribution is 0.401. The van der Waals surface area contributed by atoms with Crippen LogP contribution in [0.5, 0.6) is 0 Å². The van der Waals surface area contributed by atoms with Crippen LogP contribution in [0.25, 0.3) is 0 Å². The minimum absolute atomic E-state index is 0.391. The van der Waals surface area contributed by atoms with Gasteiger partial charge in [0.25, 0.3) is 0 Å². The molecule has 0 aliphatic rings. The minimum Gasteiger partial charge on any atom is -0.314 e. The number of sulfonamides is 1. The number of hydrogen-bond acceptors (Lipinski definition) is 4. The van der Waals surface area contributed by atoms with E-state index >= 15 is 0 Å². The van der Waals surface area contributed by atoms with Crippen molar-refractivity contribution in [2.45, 2.75) is 25.7 Å². The molecule has 21 heavy (non-hydrogen) atoms. The third kappa shape index (κ3) is 5.74. The van der Waals surface area contributed by atoms with E-state index in [1.165, 1.54) is 0 Å². The maximum Gasteiger partial charge on any atom is 0.241 e. The molecule has 0 fully saturated rings. The second-order valence-corrected chi connectivity index (χ2v) is 7.38. The summed E-state index contributed by atoms with van der Waals surface area (Å²) in [6, 6.07) is 3.80. The molecule has 0 saturated heterocycles. The summed E-state index contributed by atoms with van der Waals surface area (Å²) in [6.07, 6.45) is 0. The van der Waals surface area contributed by atoms with Gasteiger partial charge in [-0.3, -0.25) is 0 Å². The van der Waals surface area contributed by atoms with Crippen LogP contribution in [0.4, 0.5) is 0 Å². The van der Waals surface area contributed by atoms with Crippen LogP contribution < -0.4 is 10.0 Å². The molecule has 0 unspecified atom stereocenters. The molecule has 0 heterocycles. The maximum atomic E-state index is 12.4. The lowest BCUT2D eigenvalue weighted by Gasteiger charge is -2.14. The Hall–Kier alpha value is -0.950. The van der Waals surface area contributed by atoms with Crippen LogP contribution in [-0.4, -0.2) is 53.6 Å². The zero-order valence-corrected chi connectivity index (χ0v) is 14.5. The Balaban J connectivity index is 2.59. The Bertz CT molecular complexity index is 545. The molecule has 0 aromatic heterocycles. The van der Waals surface area contributed by atoms with Crippen molar-refractivity contribution in [1.29, 1.82) is 0 Å². The molecule has 0 aliphatic heterocycles. The van der Waals surface area contributed by atoms with E-state index in [0.29, 0.717) is 18.0 Å². The normalized spacial score (nSPS) is 12.1. The average Bonchev–Trinajstić information content (AvgIpc) is 2.31. The van der Waals surface area contributed by atoms with Gasteiger partial charge >= 0.3 is 0 Å². The second kappa shape index (κ2) is 7.89. The Morgan fingerprint density at radius 1 is 1.00 bits per heavy atom. The number of hydrogen-bond donors (Lipinski definition) is 2. The standard InChI is InChI=1S/C15H27N3O2S/c1-12-10-13(2)15(14(3)11-12)21(19,20)17-7-6-16-8-9-18(4)5/h10-11,16-17H,6-9H2,1-5H3. The predicted octanol–water partition coefficient (Wildman–Crippen LogP) is 1.04. The number of rotatable bonds is 8. The predicted molar refractivity (Wildman–Crippen MR) is 87.3 cm³/mol. The number of aryl methyl sites for hydroxylation is 3. The molecule has 2 N–H and O–H groups in total. The lowest BCUT2D eigenvalue weighted by atomic mass is 10.1. The fourth-order valence-corrected chi connectivity index (χ4v) is 3.85. The first-order valence-electron chi connectivity index (χ1n) is 7.17. The first-order valence-corrected chi connectivity index (χ1v) is 8.65. The minimum atomic E-state index is -3.44. The summed E-state index contributed by atoms with van der Waals surface area (Å²) >= 11 is 0. The molecule has 1 rings (SSSR count). The fourth-order valence-electron chi connectivity index (χ4n) is 2.36. The molecule has 6 heteroatoms. The molecule has 0 saturated carbocycles. The largest absolute Gasteiger partial charge is 0.314 e. The summed E-state index contributed by atoms with van der Waals surface area (Å²) < 4.78 is 27.4. The van der Waals surface area contributed by atoms with E-state index in [1.807, 2.05) is 47.0 Å². The van der Waals surface area contributed by atoms with Crippen LogP contribution in [0.3, 0.4) is 0 Å². The summed E-state index contributed by atoms with van der Waals surface area (Å²) in [6.45, 7) is 8.44. The van der Waals surface area contributed by atoms with Crippen molar-refractivity contribution >= 4 is 10.0 Å². The summed E-state index contributed by atoms with van der Waals surface area (Å²) in [4.78, 5) is 2.48. The Morgan fingerprint density at radius 3 is 2.10 bits per heavy atom. The van der Waals surface area contributed by atoms with Crippen LogP contribution in [0, 0.1) is 20.8 Å². The van der Waals surface area contributed by atoms with Crippen molar-refractivity contribution in [2.24, 2.45) is 0 Å². The van der Waals surface area contributed by atoms with E-state index in [1.54, 1.807) is 0 Å². The van der Waals surface area contributed by atoms with Crippen molar-refractivity contribution in [3.05, 3.63) is 28.8 Å². The van der Waals surface area contributed by atoms with E-state index in [-0.39, 0.29) is 0 Å². The van der Waals surface area contributed by atoms with Gasteiger partial charge in [0, 0.05) is 26.2 Å². The highest BCUT2D eigenvalue weighted by Gasteiger charge is 2.18. The molecular formula is C15H27N3O2S. The van der Waals surface area contributed by atoms with E-state index in [2.05, 4.69) is 14.9 Å². The maximum absolute atomic E-state index is 12.4. The van der Waals surface area contributed by atoms with E-state index in [4.69, 9.17) is 0 Å². The van der Waals surface area contributed by atoms with Crippen molar-refractivity contribution in [3.63, 3.8) is 0 Å². The van der Waals surface area contributed by atoms with Gasteiger partial charge < -0.3 is 10.2 Å². The molecule has 1 aromatic rings. The van der Waals surface area contributed by atoms with Gasteiger partial charge in [0.1, 0.15) is 0 Å². The van der Waals surface area contributed by atoms with Crippen molar-refractivity contribution in [1.82, 2.24) is 14.9 Å². The summed E-state index contributed by atoms with van der Waals surface area (Å²) in [7, 11) is 0.572. The third-order valence-corrected chi connectivity index (χ3v) is 4.97. The van der Waals surface area contributed by atoms with E-state index in [0.717, 1.165) is 29.8 Å². The molecule has 0 amide bonds. The topological polar surface area (TPSA) is 61.4 Å². The third-order valence-electron chi connectivity index (χ3n) is 3.20. The monoisotopic (exact) mass is 313 g/mol. The van der Waals surface area contributed by atoms with Crippen molar-refractivity contribution in [2.75, 3.05) is 40.3 Å². The molecule has 5 nitrogen and oxygen atoms in total. The van der Waals surface area contributed by atoms with Crippen LogP contribution in [-0.2, 0) is 10.0 Å². The highest BCUT2D eigenvalue weighted by Crippen LogP contribution is 2.21. The van der Waals surface area contributed by atoms with Gasteiger partial charge in [0.05, 0.1) is 4.90 Å². The molecule has 1 aromatic carbocycles. The van der Waals surface area contributed by atoms with Crippen molar-refractivity contribution < 1.29 is 8.42 Å². The van der Waals surface area contributed by atoms with Gasteiger partial charge in [-0.05, 0) is 46.0 Å². The Labute approximate surface area is 128 Å². The van der Waals surface area contributed by atoms with Gasteiger partial charge in [-0.1, -0.05) is 17.7 Å². The highest BCUT2D eigenvalue weighted by atomic mass is 32.2. The summed E-state index contributed by atoms with van der Waals surface area (Å²) in [5.41, 5.74) is 2.66. The Morgan fingerprint density at radius 2 is 1.57 bits per heavy atom. The molecule has 120 valence electrons. The summed E-state index contributed by atoms with van der Waals surface area (Å²) in [5.74, 6) is 0. The smallest absolute Gasteiger partial charge is 0.241 e. The van der Waals surface area contributed by atoms with Gasteiger partial charge in [-0.15, -0.1) is 0 Å². The first-order chi connectivity index (χ1) is 9.74. The molecule has 0 radical (unpaired) electrons. The number of nitrogens with one attached hydrogen (secondary N) is 2. The van der Waals surface area contributed by atoms with Gasteiger partial charge in [-0.25, -0.2) is 13.1 Å². The summed E-state index contributed by atoms with van der Waals surface area (Å²) in [5, 5.41) is 3.21. The van der Waals surface area contributed by atoms with Crippen LogP contribution in [0.15, 0.2) is 17.0 Å². The Kier molecular flexibility index (Phi) is 6.80. The quantitative estimate of drug-likeness (QED) is 0.704. The zero-order chi connectivity index (χ0) is 16.0. The molecular weight excluding hydrogens is 286 g/mol. The molecule has 0 bridgehead atoms. The number of nitrogens with zero attached hydrogens (tertiary/aromatic N) is 1. The number of likely N-dealkylation sites (N-methyl/N-ethyl adjacent to an activating group) is 1. The SMILES string of the molecule is Cc1cc(C)c(S(=O)(=O)NCCNCCN(C)C)c(C)c1. The molecule has 0 aliphatic carbocycles. The van der Waals surface area contributed by atoms with Crippen LogP contribution in [0.2, 0.25) is 0 Å². The van der Waals surface area contributed by atoms with Crippen LogP contribution >= 0.6 is 0 Å². The van der Waals surface area contributed by atoms with Gasteiger partial charge in [-0.2, -0.15) is 0 Å².